The molecule has 0 aliphatic carbocycles. The third-order valence-electron chi connectivity index (χ3n) is 2.36. The monoisotopic (exact) mass is 320 g/mol. The molecule has 1 aromatic rings. The third-order valence-corrected chi connectivity index (χ3v) is 3.09. The van der Waals surface area contributed by atoms with Crippen LogP contribution in [0.2, 0.25) is 0 Å². The summed E-state index contributed by atoms with van der Waals surface area (Å²) in [6.45, 7) is 0.258. The molecule has 0 fully saturated rings. The number of nitro groups is 1. The van der Waals surface area contributed by atoms with Gasteiger partial charge in [0.15, 0.2) is 11.5 Å². The van der Waals surface area contributed by atoms with Crippen LogP contribution in [0, 0.1) is 10.1 Å². The molecule has 0 heterocycles. The number of rotatable bonds is 9. The number of ether oxygens (including phenoxy) is 3. The second-order valence-electron chi connectivity index (χ2n) is 3.92. The normalized spacial score (nSPS) is 11.1. The number of benzene rings is 1. The van der Waals surface area contributed by atoms with E-state index < -0.39 is 14.9 Å². The van der Waals surface area contributed by atoms with Crippen LogP contribution in [-0.4, -0.2) is 46.0 Å². The first-order valence-corrected chi connectivity index (χ1v) is 7.58. The van der Waals surface area contributed by atoms with Crippen molar-refractivity contribution in [3.8, 4) is 11.5 Å². The van der Waals surface area contributed by atoms with Gasteiger partial charge in [-0.3, -0.25) is 10.1 Å². The molecule has 0 saturated carbocycles. The van der Waals surface area contributed by atoms with Gasteiger partial charge in [-0.2, -0.15) is 0 Å². The molecule has 10 heteroatoms. The second-order valence-corrected chi connectivity index (χ2v) is 5.65. The van der Waals surface area contributed by atoms with Crippen LogP contribution in [0.25, 0.3) is 0 Å². The van der Waals surface area contributed by atoms with Gasteiger partial charge in [-0.05, 0) is 6.07 Å². The first-order chi connectivity index (χ1) is 9.83. The van der Waals surface area contributed by atoms with E-state index in [0.29, 0.717) is 5.75 Å². The van der Waals surface area contributed by atoms with Crippen LogP contribution in [0.1, 0.15) is 0 Å². The molecule has 9 nitrogen and oxygen atoms in total. The van der Waals surface area contributed by atoms with Crippen LogP contribution in [0.3, 0.4) is 0 Å². The lowest BCUT2D eigenvalue weighted by Gasteiger charge is -2.10. The van der Waals surface area contributed by atoms with E-state index in [1.807, 2.05) is 0 Å². The van der Waals surface area contributed by atoms with Crippen molar-refractivity contribution in [3.05, 3.63) is 28.3 Å². The van der Waals surface area contributed by atoms with E-state index in [9.17, 15) is 18.5 Å². The van der Waals surface area contributed by atoms with E-state index in [1.54, 1.807) is 0 Å². The summed E-state index contributed by atoms with van der Waals surface area (Å²) in [6.07, 6.45) is 0. The van der Waals surface area contributed by atoms with Gasteiger partial charge in [0, 0.05) is 6.07 Å². The lowest BCUT2D eigenvalue weighted by molar-refractivity contribution is -0.384. The average Bonchev–Trinajstić information content (AvgIpc) is 2.41. The summed E-state index contributed by atoms with van der Waals surface area (Å²) in [5, 5.41) is 15.4. The number of non-ortho nitro benzene ring substituents is 1. The number of nitro benzene ring substituents is 1. The van der Waals surface area contributed by atoms with Gasteiger partial charge >= 0.3 is 0 Å². The Morgan fingerprint density at radius 2 is 1.95 bits per heavy atom. The van der Waals surface area contributed by atoms with Crippen molar-refractivity contribution >= 4 is 15.7 Å². The molecule has 0 bridgehead atoms. The van der Waals surface area contributed by atoms with Crippen LogP contribution < -0.4 is 14.6 Å². The zero-order chi connectivity index (χ0) is 15.9. The number of nitrogens with two attached hydrogens (primary N) is 1. The van der Waals surface area contributed by atoms with Gasteiger partial charge in [0.2, 0.25) is 10.0 Å². The van der Waals surface area contributed by atoms with Crippen molar-refractivity contribution in [2.75, 3.05) is 32.7 Å². The summed E-state index contributed by atoms with van der Waals surface area (Å²) >= 11 is 0. The van der Waals surface area contributed by atoms with E-state index in [0.717, 1.165) is 0 Å². The first kappa shape index (κ1) is 17.1. The molecule has 0 spiro atoms. The molecule has 0 unspecified atom stereocenters. The van der Waals surface area contributed by atoms with Crippen LogP contribution in [0.5, 0.6) is 11.5 Å². The summed E-state index contributed by atoms with van der Waals surface area (Å²) in [7, 11) is -2.17. The minimum atomic E-state index is -3.54. The first-order valence-electron chi connectivity index (χ1n) is 5.87. The maximum absolute atomic E-state index is 10.7. The Morgan fingerprint density at radius 1 is 1.24 bits per heavy atom. The van der Waals surface area contributed by atoms with Crippen LogP contribution in [-0.2, 0) is 14.8 Å². The third kappa shape index (κ3) is 6.38. The molecule has 1 rings (SSSR count). The SMILES string of the molecule is COc1cc([N+](=O)[O-])ccc1OCCOCCS(N)(=O)=O. The quantitative estimate of drug-likeness (QED) is 0.393. The smallest absolute Gasteiger partial charge is 0.273 e. The van der Waals surface area contributed by atoms with Crippen LogP contribution in [0.15, 0.2) is 18.2 Å². The number of methoxy groups -OCH3 is 1. The van der Waals surface area contributed by atoms with Crippen molar-refractivity contribution in [3.63, 3.8) is 0 Å². The highest BCUT2D eigenvalue weighted by Crippen LogP contribution is 2.30. The molecule has 21 heavy (non-hydrogen) atoms. The van der Waals surface area contributed by atoms with E-state index in [4.69, 9.17) is 19.3 Å². The topological polar surface area (TPSA) is 131 Å². The Balaban J connectivity index is 2.43. The molecule has 0 saturated heterocycles. The fraction of sp³-hybridized carbons (Fsp3) is 0.455. The molecule has 2 N–H and O–H groups in total. The maximum atomic E-state index is 10.7. The lowest BCUT2D eigenvalue weighted by atomic mass is 10.3. The molecule has 1 aromatic carbocycles. The Bertz CT molecular complexity index is 588. The number of hydrogen-bond acceptors (Lipinski definition) is 7. The summed E-state index contributed by atoms with van der Waals surface area (Å²) < 4.78 is 36.7. The van der Waals surface area contributed by atoms with E-state index in [2.05, 4.69) is 0 Å². The maximum Gasteiger partial charge on any atom is 0.273 e. The molecule has 0 aromatic heterocycles. The lowest BCUT2D eigenvalue weighted by Crippen LogP contribution is -2.21. The molecule has 0 amide bonds. The molecule has 118 valence electrons. The summed E-state index contributed by atoms with van der Waals surface area (Å²) in [6, 6.07) is 3.96. The van der Waals surface area contributed by atoms with Crippen molar-refractivity contribution in [1.82, 2.24) is 0 Å². The molecule has 0 aliphatic heterocycles. The fourth-order valence-electron chi connectivity index (χ4n) is 1.38. The number of hydrogen-bond donors (Lipinski definition) is 1. The fourth-order valence-corrected chi connectivity index (χ4v) is 1.73. The molecule has 0 atom stereocenters. The predicted molar refractivity (Wildman–Crippen MR) is 73.9 cm³/mol. The second kappa shape index (κ2) is 7.76. The van der Waals surface area contributed by atoms with Gasteiger partial charge in [-0.25, -0.2) is 13.6 Å². The Morgan fingerprint density at radius 3 is 2.52 bits per heavy atom. The number of sulfonamides is 1. The highest BCUT2D eigenvalue weighted by atomic mass is 32.2. The van der Waals surface area contributed by atoms with Gasteiger partial charge in [0.25, 0.3) is 5.69 Å². The minimum absolute atomic E-state index is 0.0282. The van der Waals surface area contributed by atoms with Gasteiger partial charge in [0.05, 0.1) is 37.1 Å². The van der Waals surface area contributed by atoms with Gasteiger partial charge in [-0.1, -0.05) is 0 Å². The zero-order valence-corrected chi connectivity index (χ0v) is 12.2. The Hall–Kier alpha value is -1.91. The standard InChI is InChI=1S/C11H16N2O7S/c1-18-11-8-9(13(14)15)2-3-10(11)20-5-4-19-6-7-21(12,16)17/h2-3,8H,4-7H2,1H3,(H2,12,16,17). The van der Waals surface area contributed by atoms with E-state index in [1.165, 1.54) is 25.3 Å². The summed E-state index contributed by atoms with van der Waals surface area (Å²) in [5.74, 6) is 0.292. The molecular weight excluding hydrogens is 304 g/mol. The van der Waals surface area contributed by atoms with Crippen LogP contribution >= 0.6 is 0 Å². The average molecular weight is 320 g/mol. The predicted octanol–water partition coefficient (Wildman–Crippen LogP) is 0.287. The largest absolute Gasteiger partial charge is 0.493 e. The number of primary sulfonamides is 1. The van der Waals surface area contributed by atoms with E-state index in [-0.39, 0.29) is 37.0 Å². The van der Waals surface area contributed by atoms with Crippen molar-refractivity contribution < 1.29 is 27.6 Å². The van der Waals surface area contributed by atoms with E-state index >= 15 is 0 Å². The van der Waals surface area contributed by atoms with Gasteiger partial charge < -0.3 is 14.2 Å². The van der Waals surface area contributed by atoms with Gasteiger partial charge in [-0.15, -0.1) is 0 Å². The summed E-state index contributed by atoms with van der Waals surface area (Å²) in [4.78, 5) is 10.1. The Labute approximate surface area is 121 Å². The highest BCUT2D eigenvalue weighted by molar-refractivity contribution is 7.89. The Kier molecular flexibility index (Phi) is 6.34. The zero-order valence-electron chi connectivity index (χ0n) is 11.4. The van der Waals surface area contributed by atoms with Crippen LogP contribution in [0.4, 0.5) is 5.69 Å². The minimum Gasteiger partial charge on any atom is -0.493 e. The van der Waals surface area contributed by atoms with Crippen molar-refractivity contribution in [2.24, 2.45) is 5.14 Å². The summed E-state index contributed by atoms with van der Waals surface area (Å²) in [5.41, 5.74) is -0.108. The van der Waals surface area contributed by atoms with Gasteiger partial charge in [0.1, 0.15) is 6.61 Å². The van der Waals surface area contributed by atoms with Crippen molar-refractivity contribution in [2.45, 2.75) is 0 Å². The van der Waals surface area contributed by atoms with Crippen molar-refractivity contribution in [1.29, 1.82) is 0 Å². The molecular formula is C11H16N2O7S. The highest BCUT2D eigenvalue weighted by Gasteiger charge is 2.12. The molecule has 0 radical (unpaired) electrons. The molecule has 0 aliphatic rings. The number of nitrogens with zero attached hydrogens (tertiary/aromatic N) is 1.